The van der Waals surface area contributed by atoms with Gasteiger partial charge in [-0.2, -0.15) is 0 Å². The van der Waals surface area contributed by atoms with Crippen LogP contribution in [0.15, 0.2) is 18.2 Å². The predicted molar refractivity (Wildman–Crippen MR) is 81.3 cm³/mol. The number of nitrogens with zero attached hydrogens (tertiary/aromatic N) is 1. The lowest BCUT2D eigenvalue weighted by atomic mass is 9.97. The van der Waals surface area contributed by atoms with Crippen molar-refractivity contribution in [2.75, 3.05) is 13.1 Å². The van der Waals surface area contributed by atoms with Gasteiger partial charge in [-0.05, 0) is 46.2 Å². The molecule has 3 atom stereocenters. The van der Waals surface area contributed by atoms with E-state index in [4.69, 9.17) is 4.74 Å². The van der Waals surface area contributed by atoms with Gasteiger partial charge in [0.15, 0.2) is 5.78 Å². The zero-order valence-corrected chi connectivity index (χ0v) is 13.1. The number of carbonyl (C=O) groups excluding carboxylic acids is 1. The molecule has 20 heavy (non-hydrogen) atoms. The van der Waals surface area contributed by atoms with E-state index in [-0.39, 0.29) is 24.0 Å². The number of ether oxygens (including phenoxy) is 1. The zero-order valence-electron chi connectivity index (χ0n) is 13.1. The maximum Gasteiger partial charge on any atom is 0.179 e. The molecule has 2 rings (SSSR count). The summed E-state index contributed by atoms with van der Waals surface area (Å²) >= 11 is 0. The first-order valence-corrected chi connectivity index (χ1v) is 7.39. The van der Waals surface area contributed by atoms with Crippen LogP contribution >= 0.6 is 0 Å². The fourth-order valence-electron chi connectivity index (χ4n) is 2.93. The number of hydrogen-bond donors (Lipinski definition) is 0. The van der Waals surface area contributed by atoms with E-state index in [0.29, 0.717) is 0 Å². The normalized spacial score (nSPS) is 25.4. The van der Waals surface area contributed by atoms with Gasteiger partial charge in [-0.15, -0.1) is 0 Å². The molecule has 1 aliphatic rings. The van der Waals surface area contributed by atoms with Crippen LogP contribution < -0.4 is 0 Å². The molecule has 0 aromatic heterocycles. The summed E-state index contributed by atoms with van der Waals surface area (Å²) in [5.41, 5.74) is 3.04. The van der Waals surface area contributed by atoms with Crippen LogP contribution in [0, 0.1) is 13.8 Å². The summed E-state index contributed by atoms with van der Waals surface area (Å²) in [6.45, 7) is 11.8. The molecule has 1 aromatic carbocycles. The number of ketones is 1. The summed E-state index contributed by atoms with van der Waals surface area (Å²) in [5.74, 6) is 0.215. The van der Waals surface area contributed by atoms with Crippen molar-refractivity contribution in [1.29, 1.82) is 0 Å². The first-order chi connectivity index (χ1) is 9.38. The minimum Gasteiger partial charge on any atom is -0.373 e. The highest BCUT2D eigenvalue weighted by Gasteiger charge is 2.30. The van der Waals surface area contributed by atoms with Gasteiger partial charge in [-0.25, -0.2) is 0 Å². The second-order valence-electron chi connectivity index (χ2n) is 6.07. The van der Waals surface area contributed by atoms with Crippen LogP contribution in [0.3, 0.4) is 0 Å². The third kappa shape index (κ3) is 3.28. The van der Waals surface area contributed by atoms with Gasteiger partial charge in [-0.3, -0.25) is 9.69 Å². The summed E-state index contributed by atoms with van der Waals surface area (Å²) in [5, 5.41) is 0. The molecular weight excluding hydrogens is 250 g/mol. The molecule has 110 valence electrons. The van der Waals surface area contributed by atoms with Crippen molar-refractivity contribution >= 4 is 5.78 Å². The van der Waals surface area contributed by atoms with E-state index in [0.717, 1.165) is 29.8 Å². The smallest absolute Gasteiger partial charge is 0.179 e. The van der Waals surface area contributed by atoms with Crippen LogP contribution in [-0.2, 0) is 4.74 Å². The van der Waals surface area contributed by atoms with Crippen molar-refractivity contribution < 1.29 is 9.53 Å². The van der Waals surface area contributed by atoms with Gasteiger partial charge in [0.1, 0.15) is 0 Å². The Morgan fingerprint density at radius 1 is 1.25 bits per heavy atom. The summed E-state index contributed by atoms with van der Waals surface area (Å²) < 4.78 is 5.74. The fourth-order valence-corrected chi connectivity index (χ4v) is 2.93. The van der Waals surface area contributed by atoms with Gasteiger partial charge in [-0.1, -0.05) is 17.7 Å². The Labute approximate surface area is 121 Å². The highest BCUT2D eigenvalue weighted by atomic mass is 16.5. The summed E-state index contributed by atoms with van der Waals surface area (Å²) in [6.07, 6.45) is 0.375. The Morgan fingerprint density at radius 3 is 2.45 bits per heavy atom. The molecule has 3 heteroatoms. The maximum atomic E-state index is 12.7. The van der Waals surface area contributed by atoms with E-state index in [1.165, 1.54) is 0 Å². The molecule has 0 amide bonds. The third-order valence-corrected chi connectivity index (χ3v) is 4.03. The van der Waals surface area contributed by atoms with E-state index in [1.54, 1.807) is 0 Å². The molecule has 0 radical (unpaired) electrons. The van der Waals surface area contributed by atoms with Crippen molar-refractivity contribution in [1.82, 2.24) is 4.90 Å². The Hall–Kier alpha value is -1.19. The summed E-state index contributed by atoms with van der Waals surface area (Å²) in [7, 11) is 0. The van der Waals surface area contributed by atoms with Crippen molar-refractivity contribution in [3.05, 3.63) is 34.9 Å². The maximum absolute atomic E-state index is 12.7. The average Bonchev–Trinajstić information content (AvgIpc) is 2.38. The van der Waals surface area contributed by atoms with Crippen molar-refractivity contribution in [3.8, 4) is 0 Å². The molecular formula is C17H25NO2. The highest BCUT2D eigenvalue weighted by molar-refractivity contribution is 6.01. The minimum atomic E-state index is -0.0932. The highest BCUT2D eigenvalue weighted by Crippen LogP contribution is 2.19. The van der Waals surface area contributed by atoms with Crippen molar-refractivity contribution in [2.24, 2.45) is 0 Å². The number of carbonyl (C=O) groups is 1. The number of Topliss-reactive ketones (excluding diaryl/α,β-unsaturated/α-hetero) is 1. The van der Waals surface area contributed by atoms with Crippen molar-refractivity contribution in [3.63, 3.8) is 0 Å². The first kappa shape index (κ1) is 15.2. The SMILES string of the molecule is Cc1ccc(C)c(C(=O)C(C)N2C[C@@H](C)O[C@@H](C)C2)c1. The second-order valence-corrected chi connectivity index (χ2v) is 6.07. The lowest BCUT2D eigenvalue weighted by Gasteiger charge is -2.38. The molecule has 1 unspecified atom stereocenters. The molecule has 1 fully saturated rings. The molecule has 0 aliphatic carbocycles. The number of aryl methyl sites for hydroxylation is 2. The van der Waals surface area contributed by atoms with Crippen LogP contribution in [0.4, 0.5) is 0 Å². The summed E-state index contributed by atoms with van der Waals surface area (Å²) in [6, 6.07) is 5.99. The minimum absolute atomic E-state index is 0.0932. The topological polar surface area (TPSA) is 29.5 Å². The van der Waals surface area contributed by atoms with Gasteiger partial charge in [0, 0.05) is 18.7 Å². The van der Waals surface area contributed by atoms with Crippen LogP contribution in [0.25, 0.3) is 0 Å². The molecule has 0 saturated carbocycles. The van der Waals surface area contributed by atoms with Gasteiger partial charge >= 0.3 is 0 Å². The molecule has 1 heterocycles. The molecule has 1 saturated heterocycles. The van der Waals surface area contributed by atoms with Gasteiger partial charge in [0.25, 0.3) is 0 Å². The summed E-state index contributed by atoms with van der Waals surface area (Å²) in [4.78, 5) is 15.0. The van der Waals surface area contributed by atoms with Crippen molar-refractivity contribution in [2.45, 2.75) is 52.9 Å². The van der Waals surface area contributed by atoms with Gasteiger partial charge in [0.05, 0.1) is 18.2 Å². The van der Waals surface area contributed by atoms with E-state index in [1.807, 2.05) is 32.9 Å². The fraction of sp³-hybridized carbons (Fsp3) is 0.588. The first-order valence-electron chi connectivity index (χ1n) is 7.39. The Morgan fingerprint density at radius 2 is 1.85 bits per heavy atom. The largest absolute Gasteiger partial charge is 0.373 e. The molecule has 0 spiro atoms. The second kappa shape index (κ2) is 6.06. The Balaban J connectivity index is 2.17. The van der Waals surface area contributed by atoms with Gasteiger partial charge < -0.3 is 4.74 Å². The lowest BCUT2D eigenvalue weighted by molar-refractivity contribution is -0.0744. The van der Waals surface area contributed by atoms with E-state index in [2.05, 4.69) is 24.8 Å². The molecule has 0 bridgehead atoms. The molecule has 3 nitrogen and oxygen atoms in total. The average molecular weight is 275 g/mol. The number of benzene rings is 1. The zero-order chi connectivity index (χ0) is 14.9. The monoisotopic (exact) mass is 275 g/mol. The van der Waals surface area contributed by atoms with Crippen LogP contribution in [0.2, 0.25) is 0 Å². The molecule has 1 aliphatic heterocycles. The number of rotatable bonds is 3. The third-order valence-electron chi connectivity index (χ3n) is 4.03. The van der Waals surface area contributed by atoms with Crippen LogP contribution in [0.5, 0.6) is 0 Å². The van der Waals surface area contributed by atoms with Crippen LogP contribution in [-0.4, -0.2) is 42.0 Å². The quantitative estimate of drug-likeness (QED) is 0.794. The Kier molecular flexibility index (Phi) is 4.61. The van der Waals surface area contributed by atoms with E-state index >= 15 is 0 Å². The lowest BCUT2D eigenvalue weighted by Crippen LogP contribution is -2.51. The van der Waals surface area contributed by atoms with E-state index in [9.17, 15) is 4.79 Å². The van der Waals surface area contributed by atoms with Gasteiger partial charge in [0.2, 0.25) is 0 Å². The predicted octanol–water partition coefficient (Wildman–Crippen LogP) is 2.98. The number of morpholine rings is 1. The standard InChI is InChI=1S/C17H25NO2/c1-11-6-7-12(2)16(8-11)17(19)15(5)18-9-13(3)20-14(4)10-18/h6-8,13-15H,9-10H2,1-5H3/t13-,14+,15?. The van der Waals surface area contributed by atoms with Crippen LogP contribution in [0.1, 0.15) is 42.3 Å². The van der Waals surface area contributed by atoms with E-state index < -0.39 is 0 Å². The molecule has 1 aromatic rings. The Bertz CT molecular complexity index is 488. The molecule has 0 N–H and O–H groups in total. The number of hydrogen-bond acceptors (Lipinski definition) is 3.